The molecule has 3 aromatic rings. The lowest BCUT2D eigenvalue weighted by molar-refractivity contribution is 0.0951. The number of hydrogen-bond donors (Lipinski definition) is 1. The molecule has 5 heteroatoms. The average molecular weight is 361 g/mol. The van der Waals surface area contributed by atoms with Gasteiger partial charge in [0.15, 0.2) is 5.78 Å². The quantitative estimate of drug-likeness (QED) is 0.427. The van der Waals surface area contributed by atoms with E-state index in [1.807, 2.05) is 19.1 Å². The second kappa shape index (κ2) is 7.83. The highest BCUT2D eigenvalue weighted by Crippen LogP contribution is 2.17. The maximum absolute atomic E-state index is 12.3. The van der Waals surface area contributed by atoms with Gasteiger partial charge in [-0.05, 0) is 43.7 Å². The van der Waals surface area contributed by atoms with Gasteiger partial charge in [0.25, 0.3) is 5.91 Å². The fourth-order valence-electron chi connectivity index (χ4n) is 2.65. The fraction of sp³-hybridized carbons (Fsp3) is 0.136. The second-order valence-corrected chi connectivity index (χ2v) is 6.17. The van der Waals surface area contributed by atoms with E-state index in [9.17, 15) is 14.4 Å². The lowest BCUT2D eigenvalue weighted by Crippen LogP contribution is -2.27. The summed E-state index contributed by atoms with van der Waals surface area (Å²) in [6, 6.07) is 14.0. The summed E-state index contributed by atoms with van der Waals surface area (Å²) in [5.74, 6) is -0.568. The summed E-state index contributed by atoms with van der Waals surface area (Å²) >= 11 is 0. The Balaban J connectivity index is 1.90. The van der Waals surface area contributed by atoms with E-state index in [0.717, 1.165) is 11.1 Å². The molecule has 136 valence electrons. The number of nitrogens with one attached hydrogen (secondary N) is 1. The van der Waals surface area contributed by atoms with Crippen molar-refractivity contribution in [1.82, 2.24) is 5.32 Å². The van der Waals surface area contributed by atoms with Crippen LogP contribution in [0.3, 0.4) is 0 Å². The summed E-state index contributed by atoms with van der Waals surface area (Å²) < 4.78 is 5.21. The van der Waals surface area contributed by atoms with Crippen molar-refractivity contribution in [2.75, 3.05) is 6.54 Å². The van der Waals surface area contributed by atoms with E-state index in [4.69, 9.17) is 4.42 Å². The molecule has 0 fully saturated rings. The van der Waals surface area contributed by atoms with Crippen molar-refractivity contribution in [3.63, 3.8) is 0 Å². The first-order chi connectivity index (χ1) is 13.0. The minimum Gasteiger partial charge on any atom is -0.422 e. The predicted molar refractivity (Wildman–Crippen MR) is 105 cm³/mol. The van der Waals surface area contributed by atoms with Gasteiger partial charge in [-0.15, -0.1) is 0 Å². The van der Waals surface area contributed by atoms with Crippen molar-refractivity contribution in [3.8, 4) is 0 Å². The van der Waals surface area contributed by atoms with Gasteiger partial charge in [0, 0.05) is 17.5 Å². The number of carbonyl (C=O) groups excluding carboxylic acids is 2. The van der Waals surface area contributed by atoms with Crippen LogP contribution >= 0.6 is 0 Å². The van der Waals surface area contributed by atoms with Gasteiger partial charge in [0.05, 0.1) is 0 Å². The molecule has 0 aliphatic heterocycles. The van der Waals surface area contributed by atoms with E-state index in [1.54, 1.807) is 43.3 Å². The number of hydrogen-bond acceptors (Lipinski definition) is 4. The maximum atomic E-state index is 12.3. The van der Waals surface area contributed by atoms with E-state index in [0.29, 0.717) is 23.1 Å². The van der Waals surface area contributed by atoms with Crippen molar-refractivity contribution in [2.45, 2.75) is 13.8 Å². The van der Waals surface area contributed by atoms with Gasteiger partial charge < -0.3 is 9.73 Å². The van der Waals surface area contributed by atoms with Gasteiger partial charge in [-0.1, -0.05) is 42.0 Å². The van der Waals surface area contributed by atoms with Crippen LogP contribution in [0.25, 0.3) is 17.0 Å². The Morgan fingerprint density at radius 1 is 1.07 bits per heavy atom. The molecular formula is C22H19NO4. The molecule has 0 saturated carbocycles. The second-order valence-electron chi connectivity index (χ2n) is 6.17. The number of aryl methyl sites for hydroxylation is 1. The molecule has 0 unspecified atom stereocenters. The summed E-state index contributed by atoms with van der Waals surface area (Å²) in [5.41, 5.74) is 2.14. The first-order valence-corrected chi connectivity index (χ1v) is 8.63. The van der Waals surface area contributed by atoms with Gasteiger partial charge in [0.2, 0.25) is 0 Å². The standard InChI is InChI=1S/C22H19NO4/c1-3-23-21(25)18-13-17-12-15(7-11-20(17)27-22(18)26)6-10-19(24)16-8-4-14(2)5-9-16/h4-13H,3H2,1-2H3,(H,23,25). The molecule has 1 aromatic heterocycles. The monoisotopic (exact) mass is 361 g/mol. The molecule has 2 aromatic carbocycles. The Morgan fingerprint density at radius 3 is 2.52 bits per heavy atom. The van der Waals surface area contributed by atoms with Crippen LogP contribution in [0.2, 0.25) is 0 Å². The molecule has 0 aliphatic carbocycles. The van der Waals surface area contributed by atoms with Crippen molar-refractivity contribution < 1.29 is 14.0 Å². The third-order valence-electron chi connectivity index (χ3n) is 4.10. The topological polar surface area (TPSA) is 76.4 Å². The average Bonchev–Trinajstić information content (AvgIpc) is 2.66. The van der Waals surface area contributed by atoms with E-state index in [-0.39, 0.29) is 11.3 Å². The number of benzene rings is 2. The minimum atomic E-state index is -0.675. The Kier molecular flexibility index (Phi) is 5.31. The Labute approximate surface area is 156 Å². The Morgan fingerprint density at radius 2 is 1.81 bits per heavy atom. The highest BCUT2D eigenvalue weighted by Gasteiger charge is 2.12. The number of carbonyl (C=O) groups is 2. The molecule has 3 rings (SSSR count). The maximum Gasteiger partial charge on any atom is 0.349 e. The Bertz CT molecular complexity index is 1090. The van der Waals surface area contributed by atoms with E-state index in [2.05, 4.69) is 5.32 Å². The lowest BCUT2D eigenvalue weighted by atomic mass is 10.1. The third-order valence-corrected chi connectivity index (χ3v) is 4.10. The number of fused-ring (bicyclic) bond motifs is 1. The van der Waals surface area contributed by atoms with Crippen LogP contribution in [0, 0.1) is 6.92 Å². The van der Waals surface area contributed by atoms with Gasteiger partial charge >= 0.3 is 5.63 Å². The molecular weight excluding hydrogens is 342 g/mol. The van der Waals surface area contributed by atoms with E-state index >= 15 is 0 Å². The molecule has 0 radical (unpaired) electrons. The number of allylic oxidation sites excluding steroid dienone is 1. The van der Waals surface area contributed by atoms with Crippen LogP contribution in [0.4, 0.5) is 0 Å². The van der Waals surface area contributed by atoms with Crippen molar-refractivity contribution in [2.24, 2.45) is 0 Å². The molecule has 27 heavy (non-hydrogen) atoms. The minimum absolute atomic E-state index is 0.0405. The number of ketones is 1. The first-order valence-electron chi connectivity index (χ1n) is 8.63. The zero-order valence-electron chi connectivity index (χ0n) is 15.1. The number of amides is 1. The summed E-state index contributed by atoms with van der Waals surface area (Å²) in [6.07, 6.45) is 3.19. The molecule has 0 spiro atoms. The van der Waals surface area contributed by atoms with Crippen LogP contribution < -0.4 is 10.9 Å². The smallest absolute Gasteiger partial charge is 0.349 e. The highest BCUT2D eigenvalue weighted by atomic mass is 16.4. The third kappa shape index (κ3) is 4.20. The molecule has 0 bridgehead atoms. The molecule has 1 N–H and O–H groups in total. The van der Waals surface area contributed by atoms with Crippen molar-refractivity contribution in [1.29, 1.82) is 0 Å². The van der Waals surface area contributed by atoms with E-state index < -0.39 is 11.5 Å². The molecule has 0 atom stereocenters. The summed E-state index contributed by atoms with van der Waals surface area (Å²) in [7, 11) is 0. The molecule has 0 aliphatic rings. The molecule has 1 amide bonds. The van der Waals surface area contributed by atoms with Gasteiger partial charge in [-0.3, -0.25) is 9.59 Å². The predicted octanol–water partition coefficient (Wildman–Crippen LogP) is 3.75. The van der Waals surface area contributed by atoms with E-state index in [1.165, 1.54) is 12.1 Å². The fourth-order valence-corrected chi connectivity index (χ4v) is 2.65. The molecule has 5 nitrogen and oxygen atoms in total. The lowest BCUT2D eigenvalue weighted by Gasteiger charge is -2.03. The zero-order chi connectivity index (χ0) is 19.4. The summed E-state index contributed by atoms with van der Waals surface area (Å²) in [5, 5.41) is 3.20. The van der Waals surface area contributed by atoms with Crippen LogP contribution in [0.15, 0.2) is 63.8 Å². The first kappa shape index (κ1) is 18.3. The van der Waals surface area contributed by atoms with Crippen molar-refractivity contribution >= 4 is 28.7 Å². The summed E-state index contributed by atoms with van der Waals surface area (Å²) in [6.45, 7) is 4.15. The highest BCUT2D eigenvalue weighted by molar-refractivity contribution is 6.07. The van der Waals surface area contributed by atoms with Crippen LogP contribution in [0.5, 0.6) is 0 Å². The molecule has 0 saturated heterocycles. The SMILES string of the molecule is CCNC(=O)c1cc2cc(C=CC(=O)c3ccc(C)cc3)ccc2oc1=O. The summed E-state index contributed by atoms with van der Waals surface area (Å²) in [4.78, 5) is 36.2. The van der Waals surface area contributed by atoms with Crippen LogP contribution in [-0.4, -0.2) is 18.2 Å². The zero-order valence-corrected chi connectivity index (χ0v) is 15.1. The van der Waals surface area contributed by atoms with Gasteiger partial charge in [-0.25, -0.2) is 4.79 Å². The number of rotatable bonds is 5. The largest absolute Gasteiger partial charge is 0.422 e. The Hall–Kier alpha value is -3.47. The van der Waals surface area contributed by atoms with Crippen molar-refractivity contribution in [3.05, 3.63) is 87.3 Å². The van der Waals surface area contributed by atoms with Gasteiger partial charge in [0.1, 0.15) is 11.1 Å². The van der Waals surface area contributed by atoms with Gasteiger partial charge in [-0.2, -0.15) is 0 Å². The normalized spacial score (nSPS) is 11.0. The molecule has 1 heterocycles. The van der Waals surface area contributed by atoms with Crippen LogP contribution in [-0.2, 0) is 0 Å². The van der Waals surface area contributed by atoms with Crippen LogP contribution in [0.1, 0.15) is 38.8 Å².